The minimum atomic E-state index is -2.21. The van der Waals surface area contributed by atoms with Gasteiger partial charge in [0.05, 0.1) is 0 Å². The first-order valence-electron chi connectivity index (χ1n) is 6.04. The standard InChI is InChI=1S/C15H9F5N2/c16-10-11(17)13(19)15(14(20)12(10)18)22-21-8-4-7-9-5-2-1-3-6-9/h1-8,22H. The summed E-state index contributed by atoms with van der Waals surface area (Å²) in [5, 5.41) is 3.39. The molecule has 2 rings (SSSR count). The lowest BCUT2D eigenvalue weighted by molar-refractivity contribution is 0.381. The normalized spacial score (nSPS) is 11.5. The number of nitrogens with one attached hydrogen (secondary N) is 1. The Morgan fingerprint density at radius 2 is 1.32 bits per heavy atom. The molecule has 2 aromatic rings. The van der Waals surface area contributed by atoms with E-state index in [1.54, 1.807) is 11.5 Å². The van der Waals surface area contributed by atoms with Gasteiger partial charge in [0.2, 0.25) is 5.82 Å². The maximum Gasteiger partial charge on any atom is 0.200 e. The van der Waals surface area contributed by atoms with Crippen molar-refractivity contribution >= 4 is 18.0 Å². The van der Waals surface area contributed by atoms with E-state index in [0.29, 0.717) is 0 Å². The van der Waals surface area contributed by atoms with Crippen LogP contribution in [-0.2, 0) is 0 Å². The maximum atomic E-state index is 13.3. The molecule has 0 saturated carbocycles. The minimum absolute atomic E-state index is 0.852. The summed E-state index contributed by atoms with van der Waals surface area (Å²) in [6.45, 7) is 0. The molecular formula is C15H9F5N2. The molecule has 0 aliphatic rings. The third-order valence-electron chi connectivity index (χ3n) is 2.64. The number of anilines is 1. The van der Waals surface area contributed by atoms with Gasteiger partial charge in [-0.15, -0.1) is 0 Å². The van der Waals surface area contributed by atoms with Gasteiger partial charge in [-0.05, 0) is 11.6 Å². The second-order valence-electron chi connectivity index (χ2n) is 4.10. The third kappa shape index (κ3) is 3.30. The highest BCUT2D eigenvalue weighted by Gasteiger charge is 2.25. The lowest BCUT2D eigenvalue weighted by Crippen LogP contribution is -2.06. The molecule has 0 amide bonds. The third-order valence-corrected chi connectivity index (χ3v) is 2.64. The van der Waals surface area contributed by atoms with Gasteiger partial charge in [0.15, 0.2) is 23.3 Å². The molecular weight excluding hydrogens is 303 g/mol. The number of hydrogen-bond donors (Lipinski definition) is 1. The average Bonchev–Trinajstić information content (AvgIpc) is 2.54. The van der Waals surface area contributed by atoms with Crippen molar-refractivity contribution in [1.82, 2.24) is 0 Å². The van der Waals surface area contributed by atoms with Crippen molar-refractivity contribution in [1.29, 1.82) is 0 Å². The molecule has 114 valence electrons. The Morgan fingerprint density at radius 3 is 1.91 bits per heavy atom. The summed E-state index contributed by atoms with van der Waals surface area (Å²) in [4.78, 5) is 0. The zero-order chi connectivity index (χ0) is 16.1. The van der Waals surface area contributed by atoms with Crippen LogP contribution in [0.4, 0.5) is 27.6 Å². The molecule has 0 aromatic heterocycles. The van der Waals surface area contributed by atoms with Crippen molar-refractivity contribution in [3.8, 4) is 0 Å². The van der Waals surface area contributed by atoms with Crippen LogP contribution in [0.1, 0.15) is 5.56 Å². The molecule has 0 atom stereocenters. The summed E-state index contributed by atoms with van der Waals surface area (Å²) < 4.78 is 65.3. The lowest BCUT2D eigenvalue weighted by Gasteiger charge is -2.06. The molecule has 0 saturated heterocycles. The molecule has 2 nitrogen and oxygen atoms in total. The monoisotopic (exact) mass is 312 g/mol. The first-order valence-corrected chi connectivity index (χ1v) is 6.04. The molecule has 0 fully saturated rings. The topological polar surface area (TPSA) is 24.4 Å². The first kappa shape index (κ1) is 15.7. The van der Waals surface area contributed by atoms with Crippen molar-refractivity contribution in [2.24, 2.45) is 5.10 Å². The molecule has 2 aromatic carbocycles. The Bertz CT molecular complexity index is 697. The molecule has 0 bridgehead atoms. The Balaban J connectivity index is 2.12. The van der Waals surface area contributed by atoms with E-state index in [0.717, 1.165) is 11.8 Å². The van der Waals surface area contributed by atoms with Gasteiger partial charge in [-0.3, -0.25) is 5.43 Å². The fourth-order valence-electron chi connectivity index (χ4n) is 1.57. The number of benzene rings is 2. The molecule has 0 aliphatic heterocycles. The van der Waals surface area contributed by atoms with Crippen LogP contribution < -0.4 is 5.43 Å². The molecule has 22 heavy (non-hydrogen) atoms. The van der Waals surface area contributed by atoms with Crippen LogP contribution in [0.2, 0.25) is 0 Å². The van der Waals surface area contributed by atoms with Crippen LogP contribution in [0.25, 0.3) is 6.08 Å². The molecule has 0 unspecified atom stereocenters. The van der Waals surface area contributed by atoms with Gasteiger partial charge in [-0.25, -0.2) is 22.0 Å². The number of allylic oxidation sites excluding steroid dienone is 1. The number of hydrazone groups is 1. The van der Waals surface area contributed by atoms with Crippen molar-refractivity contribution in [3.63, 3.8) is 0 Å². The van der Waals surface area contributed by atoms with E-state index >= 15 is 0 Å². The van der Waals surface area contributed by atoms with Crippen LogP contribution in [0, 0.1) is 29.1 Å². The second-order valence-corrected chi connectivity index (χ2v) is 4.10. The molecule has 0 aliphatic carbocycles. The van der Waals surface area contributed by atoms with Gasteiger partial charge in [0.25, 0.3) is 0 Å². The number of nitrogens with zero attached hydrogens (tertiary/aromatic N) is 1. The van der Waals surface area contributed by atoms with Crippen molar-refractivity contribution in [2.75, 3.05) is 5.43 Å². The van der Waals surface area contributed by atoms with Gasteiger partial charge in [0.1, 0.15) is 5.69 Å². The predicted molar refractivity (Wildman–Crippen MR) is 73.8 cm³/mol. The van der Waals surface area contributed by atoms with Crippen LogP contribution in [-0.4, -0.2) is 6.21 Å². The number of rotatable bonds is 4. The molecule has 0 heterocycles. The van der Waals surface area contributed by atoms with Gasteiger partial charge in [-0.2, -0.15) is 5.10 Å². The predicted octanol–water partition coefficient (Wildman–Crippen LogP) is 4.49. The zero-order valence-electron chi connectivity index (χ0n) is 11.0. The van der Waals surface area contributed by atoms with Gasteiger partial charge < -0.3 is 0 Å². The largest absolute Gasteiger partial charge is 0.272 e. The first-order chi connectivity index (χ1) is 10.5. The highest BCUT2D eigenvalue weighted by atomic mass is 19.2. The average molecular weight is 312 g/mol. The fraction of sp³-hybridized carbons (Fsp3) is 0. The summed E-state index contributed by atoms with van der Waals surface area (Å²) in [6, 6.07) is 9.06. The van der Waals surface area contributed by atoms with Crippen LogP contribution in [0.15, 0.2) is 41.5 Å². The molecule has 0 radical (unpaired) electrons. The van der Waals surface area contributed by atoms with Gasteiger partial charge >= 0.3 is 0 Å². The highest BCUT2D eigenvalue weighted by molar-refractivity contribution is 5.78. The van der Waals surface area contributed by atoms with Crippen molar-refractivity contribution < 1.29 is 22.0 Å². The van der Waals surface area contributed by atoms with Crippen molar-refractivity contribution in [2.45, 2.75) is 0 Å². The molecule has 7 heteroatoms. The van der Waals surface area contributed by atoms with E-state index in [1.807, 2.05) is 30.3 Å². The summed E-state index contributed by atoms with van der Waals surface area (Å²) in [7, 11) is 0. The SMILES string of the molecule is Fc1c(F)c(F)c(NN=CC=Cc2ccccc2)c(F)c1F. The molecule has 1 N–H and O–H groups in total. The lowest BCUT2D eigenvalue weighted by atomic mass is 10.2. The van der Waals surface area contributed by atoms with Crippen LogP contribution >= 0.6 is 0 Å². The molecule has 0 spiro atoms. The summed E-state index contributed by atoms with van der Waals surface area (Å²) in [6.07, 6.45) is 4.20. The fourth-order valence-corrected chi connectivity index (χ4v) is 1.57. The van der Waals surface area contributed by atoms with E-state index in [9.17, 15) is 22.0 Å². The van der Waals surface area contributed by atoms with Crippen LogP contribution in [0.5, 0.6) is 0 Å². The highest BCUT2D eigenvalue weighted by Crippen LogP contribution is 2.26. The summed E-state index contributed by atoms with van der Waals surface area (Å²) >= 11 is 0. The Labute approximate surface area is 122 Å². The Kier molecular flexibility index (Phi) is 4.88. The van der Waals surface area contributed by atoms with E-state index < -0.39 is 34.8 Å². The smallest absolute Gasteiger partial charge is 0.200 e. The summed E-state index contributed by atoms with van der Waals surface area (Å²) in [5.41, 5.74) is 1.44. The Morgan fingerprint density at radius 1 is 0.773 bits per heavy atom. The van der Waals surface area contributed by atoms with E-state index in [4.69, 9.17) is 0 Å². The zero-order valence-corrected chi connectivity index (χ0v) is 11.0. The summed E-state index contributed by atoms with van der Waals surface area (Å²) in [5.74, 6) is -10.2. The van der Waals surface area contributed by atoms with E-state index in [2.05, 4.69) is 5.10 Å². The minimum Gasteiger partial charge on any atom is -0.272 e. The van der Waals surface area contributed by atoms with E-state index in [1.165, 1.54) is 6.08 Å². The second kappa shape index (κ2) is 6.84. The van der Waals surface area contributed by atoms with Crippen molar-refractivity contribution in [3.05, 3.63) is 71.1 Å². The van der Waals surface area contributed by atoms with Gasteiger partial charge in [0, 0.05) is 6.21 Å². The van der Waals surface area contributed by atoms with E-state index in [-0.39, 0.29) is 0 Å². The Hall–Kier alpha value is -2.70. The quantitative estimate of drug-likeness (QED) is 0.290. The van der Waals surface area contributed by atoms with Crippen LogP contribution in [0.3, 0.4) is 0 Å². The maximum absolute atomic E-state index is 13.3. The number of hydrogen-bond acceptors (Lipinski definition) is 2. The number of halogens is 5. The van der Waals surface area contributed by atoms with Gasteiger partial charge in [-0.1, -0.05) is 36.4 Å².